The number of ether oxygens (including phenoxy) is 1. The third-order valence-corrected chi connectivity index (χ3v) is 5.76. The van der Waals surface area contributed by atoms with Crippen molar-refractivity contribution in [3.8, 4) is 5.75 Å². The normalized spacial score (nSPS) is 22.6. The minimum absolute atomic E-state index is 0.0791. The van der Waals surface area contributed by atoms with Gasteiger partial charge in [0, 0.05) is 6.04 Å². The van der Waals surface area contributed by atoms with Crippen molar-refractivity contribution in [3.63, 3.8) is 0 Å². The monoisotopic (exact) mass is 297 g/mol. The average Bonchev–Trinajstić information content (AvgIpc) is 2.76. The van der Waals surface area contributed by atoms with Crippen LogP contribution >= 0.6 is 0 Å². The van der Waals surface area contributed by atoms with E-state index in [0.717, 1.165) is 31.4 Å². The van der Waals surface area contributed by atoms with E-state index >= 15 is 0 Å². The predicted molar refractivity (Wildman–Crippen MR) is 80.7 cm³/mol. The molecule has 1 heterocycles. The van der Waals surface area contributed by atoms with E-state index in [4.69, 9.17) is 10.5 Å². The Morgan fingerprint density at radius 1 is 1.35 bits per heavy atom. The lowest BCUT2D eigenvalue weighted by Crippen LogP contribution is -2.24. The second kappa shape index (κ2) is 6.59. The third-order valence-electron chi connectivity index (χ3n) is 3.93. The SMILES string of the molecule is COc1ccc(CCC(N)CC2CCS(=O)(=O)C2)cc1. The summed E-state index contributed by atoms with van der Waals surface area (Å²) in [6.07, 6.45) is 3.40. The summed E-state index contributed by atoms with van der Waals surface area (Å²) >= 11 is 0. The van der Waals surface area contributed by atoms with Crippen molar-refractivity contribution in [1.29, 1.82) is 0 Å². The highest BCUT2D eigenvalue weighted by Gasteiger charge is 2.28. The van der Waals surface area contributed by atoms with Gasteiger partial charge in [0.15, 0.2) is 9.84 Å². The first-order chi connectivity index (χ1) is 9.48. The molecule has 1 saturated heterocycles. The summed E-state index contributed by atoms with van der Waals surface area (Å²) < 4.78 is 27.9. The molecule has 2 unspecified atom stereocenters. The maximum Gasteiger partial charge on any atom is 0.150 e. The lowest BCUT2D eigenvalue weighted by atomic mass is 9.95. The van der Waals surface area contributed by atoms with Crippen LogP contribution in [0.25, 0.3) is 0 Å². The van der Waals surface area contributed by atoms with Gasteiger partial charge in [-0.15, -0.1) is 0 Å². The highest BCUT2D eigenvalue weighted by atomic mass is 32.2. The molecule has 2 rings (SSSR count). The van der Waals surface area contributed by atoms with Crippen LogP contribution in [0.2, 0.25) is 0 Å². The quantitative estimate of drug-likeness (QED) is 0.869. The topological polar surface area (TPSA) is 69.4 Å². The molecule has 2 N–H and O–H groups in total. The van der Waals surface area contributed by atoms with Crippen molar-refractivity contribution in [2.24, 2.45) is 11.7 Å². The van der Waals surface area contributed by atoms with Gasteiger partial charge >= 0.3 is 0 Å². The first kappa shape index (κ1) is 15.3. The number of sulfone groups is 1. The smallest absolute Gasteiger partial charge is 0.150 e. The molecular weight excluding hydrogens is 274 g/mol. The van der Waals surface area contributed by atoms with E-state index in [-0.39, 0.29) is 12.0 Å². The second-order valence-corrected chi connectivity index (χ2v) is 7.88. The summed E-state index contributed by atoms with van der Waals surface area (Å²) in [7, 11) is -1.13. The third kappa shape index (κ3) is 4.49. The molecule has 1 aliphatic rings. The Bertz CT molecular complexity index is 525. The molecule has 0 aliphatic carbocycles. The molecule has 0 spiro atoms. The molecule has 1 fully saturated rings. The molecule has 20 heavy (non-hydrogen) atoms. The molecule has 2 atom stereocenters. The van der Waals surface area contributed by atoms with E-state index < -0.39 is 9.84 Å². The summed E-state index contributed by atoms with van der Waals surface area (Å²) in [5, 5.41) is 0. The van der Waals surface area contributed by atoms with Gasteiger partial charge in [-0.3, -0.25) is 0 Å². The second-order valence-electron chi connectivity index (χ2n) is 5.65. The van der Waals surface area contributed by atoms with Crippen LogP contribution in [-0.2, 0) is 16.3 Å². The van der Waals surface area contributed by atoms with Crippen LogP contribution in [0.15, 0.2) is 24.3 Å². The Morgan fingerprint density at radius 2 is 2.05 bits per heavy atom. The number of rotatable bonds is 6. The first-order valence-electron chi connectivity index (χ1n) is 7.07. The number of methoxy groups -OCH3 is 1. The van der Waals surface area contributed by atoms with E-state index in [1.165, 1.54) is 5.56 Å². The molecule has 4 nitrogen and oxygen atoms in total. The van der Waals surface area contributed by atoms with Gasteiger partial charge in [0.1, 0.15) is 5.75 Å². The van der Waals surface area contributed by atoms with Gasteiger partial charge in [0.05, 0.1) is 18.6 Å². The van der Waals surface area contributed by atoms with Gasteiger partial charge < -0.3 is 10.5 Å². The zero-order valence-corrected chi connectivity index (χ0v) is 12.7. The van der Waals surface area contributed by atoms with Gasteiger partial charge in [-0.25, -0.2) is 8.42 Å². The van der Waals surface area contributed by atoms with E-state index in [1.54, 1.807) is 7.11 Å². The zero-order chi connectivity index (χ0) is 14.6. The molecule has 1 aromatic rings. The predicted octanol–water partition coefficient (Wildman–Crippen LogP) is 1.78. The lowest BCUT2D eigenvalue weighted by molar-refractivity contribution is 0.414. The van der Waals surface area contributed by atoms with Crippen LogP contribution in [0.5, 0.6) is 5.75 Å². The molecular formula is C15H23NO3S. The Morgan fingerprint density at radius 3 is 2.60 bits per heavy atom. The molecule has 0 saturated carbocycles. The number of hydrogen-bond acceptors (Lipinski definition) is 4. The van der Waals surface area contributed by atoms with E-state index in [0.29, 0.717) is 11.5 Å². The fourth-order valence-corrected chi connectivity index (χ4v) is 4.63. The molecule has 1 aromatic carbocycles. The van der Waals surface area contributed by atoms with Crippen LogP contribution in [0.3, 0.4) is 0 Å². The number of benzene rings is 1. The van der Waals surface area contributed by atoms with Crippen LogP contribution in [0.4, 0.5) is 0 Å². The Kier molecular flexibility index (Phi) is 5.05. The highest BCUT2D eigenvalue weighted by Crippen LogP contribution is 2.23. The van der Waals surface area contributed by atoms with Crippen LogP contribution < -0.4 is 10.5 Å². The standard InChI is InChI=1S/C15H23NO3S/c1-19-15-6-3-12(4-7-15)2-5-14(16)10-13-8-9-20(17,18)11-13/h3-4,6-7,13-14H,2,5,8-11,16H2,1H3. The van der Waals surface area contributed by atoms with Gasteiger partial charge in [-0.2, -0.15) is 0 Å². The summed E-state index contributed by atoms with van der Waals surface area (Å²) in [5.41, 5.74) is 7.36. The van der Waals surface area contributed by atoms with E-state index in [2.05, 4.69) is 0 Å². The summed E-state index contributed by atoms with van der Waals surface area (Å²) in [4.78, 5) is 0. The fourth-order valence-electron chi connectivity index (χ4n) is 2.75. The highest BCUT2D eigenvalue weighted by molar-refractivity contribution is 7.91. The van der Waals surface area contributed by atoms with Crippen molar-refractivity contribution in [1.82, 2.24) is 0 Å². The van der Waals surface area contributed by atoms with Crippen molar-refractivity contribution < 1.29 is 13.2 Å². The Hall–Kier alpha value is -1.07. The van der Waals surface area contributed by atoms with Crippen LogP contribution in [0.1, 0.15) is 24.8 Å². The Labute approximate surface area is 121 Å². The summed E-state index contributed by atoms with van der Waals surface area (Å²) in [6, 6.07) is 8.07. The molecule has 0 amide bonds. The van der Waals surface area contributed by atoms with Crippen molar-refractivity contribution >= 4 is 9.84 Å². The fraction of sp³-hybridized carbons (Fsp3) is 0.600. The molecule has 0 radical (unpaired) electrons. The van der Waals surface area contributed by atoms with Crippen molar-refractivity contribution in [3.05, 3.63) is 29.8 Å². The number of hydrogen-bond donors (Lipinski definition) is 1. The lowest BCUT2D eigenvalue weighted by Gasteiger charge is -2.15. The number of aryl methyl sites for hydroxylation is 1. The molecule has 0 aromatic heterocycles. The molecule has 112 valence electrons. The number of nitrogens with two attached hydrogens (primary N) is 1. The molecule has 1 aliphatic heterocycles. The van der Waals surface area contributed by atoms with Crippen LogP contribution in [0, 0.1) is 5.92 Å². The zero-order valence-electron chi connectivity index (χ0n) is 11.9. The van der Waals surface area contributed by atoms with Gasteiger partial charge in [0.25, 0.3) is 0 Å². The van der Waals surface area contributed by atoms with Gasteiger partial charge in [-0.05, 0) is 49.3 Å². The summed E-state index contributed by atoms with van der Waals surface area (Å²) in [5.74, 6) is 1.77. The average molecular weight is 297 g/mol. The van der Waals surface area contributed by atoms with Crippen LogP contribution in [-0.4, -0.2) is 33.1 Å². The van der Waals surface area contributed by atoms with Crippen molar-refractivity contribution in [2.45, 2.75) is 31.7 Å². The minimum atomic E-state index is -2.79. The van der Waals surface area contributed by atoms with Gasteiger partial charge in [-0.1, -0.05) is 12.1 Å². The van der Waals surface area contributed by atoms with E-state index in [1.807, 2.05) is 24.3 Å². The largest absolute Gasteiger partial charge is 0.497 e. The Balaban J connectivity index is 1.76. The van der Waals surface area contributed by atoms with Crippen molar-refractivity contribution in [2.75, 3.05) is 18.6 Å². The maximum atomic E-state index is 11.4. The minimum Gasteiger partial charge on any atom is -0.497 e. The maximum absolute atomic E-state index is 11.4. The molecule has 5 heteroatoms. The first-order valence-corrected chi connectivity index (χ1v) is 8.89. The molecule has 0 bridgehead atoms. The van der Waals surface area contributed by atoms with Gasteiger partial charge in [0.2, 0.25) is 0 Å². The van der Waals surface area contributed by atoms with E-state index in [9.17, 15) is 8.42 Å². The summed E-state index contributed by atoms with van der Waals surface area (Å²) in [6.45, 7) is 0.